The van der Waals surface area contributed by atoms with Crippen molar-refractivity contribution in [3.8, 4) is 11.5 Å². The number of hydrogen-bond acceptors (Lipinski definition) is 3. The van der Waals surface area contributed by atoms with Crippen LogP contribution in [0.15, 0.2) is 22.8 Å². The lowest BCUT2D eigenvalue weighted by atomic mass is 10.0. The summed E-state index contributed by atoms with van der Waals surface area (Å²) >= 11 is 0. The predicted octanol–water partition coefficient (Wildman–Crippen LogP) is 4.16. The summed E-state index contributed by atoms with van der Waals surface area (Å²) in [5.74, 6) is -0.740. The van der Waals surface area contributed by atoms with Crippen molar-refractivity contribution in [2.45, 2.75) is 33.4 Å². The van der Waals surface area contributed by atoms with E-state index in [1.807, 2.05) is 6.92 Å². The lowest BCUT2D eigenvalue weighted by Gasteiger charge is -2.12. The van der Waals surface area contributed by atoms with Gasteiger partial charge in [0.25, 0.3) is 0 Å². The highest BCUT2D eigenvalue weighted by molar-refractivity contribution is 5.92. The number of carbonyl (C=O) groups is 1. The van der Waals surface area contributed by atoms with Crippen LogP contribution in [0.2, 0.25) is 0 Å². The van der Waals surface area contributed by atoms with E-state index in [-0.39, 0.29) is 5.69 Å². The second kappa shape index (κ2) is 5.82. The van der Waals surface area contributed by atoms with Crippen LogP contribution in [0.25, 0.3) is 11.5 Å². The van der Waals surface area contributed by atoms with Gasteiger partial charge in [-0.1, -0.05) is 0 Å². The fourth-order valence-corrected chi connectivity index (χ4v) is 2.02. The number of alkyl halides is 3. The Morgan fingerprint density at radius 2 is 1.95 bits per heavy atom. The average Bonchev–Trinajstić information content (AvgIpc) is 2.77. The lowest BCUT2D eigenvalue weighted by Crippen LogP contribution is -2.21. The van der Waals surface area contributed by atoms with Crippen molar-refractivity contribution in [2.24, 2.45) is 0 Å². The monoisotopic (exact) mass is 312 g/mol. The molecule has 0 spiro atoms. The third-order valence-corrected chi connectivity index (χ3v) is 3.16. The van der Waals surface area contributed by atoms with Gasteiger partial charge in [-0.2, -0.15) is 13.2 Å². The molecule has 0 aliphatic carbocycles. The summed E-state index contributed by atoms with van der Waals surface area (Å²) in [6.07, 6.45) is -4.57. The van der Waals surface area contributed by atoms with Crippen LogP contribution in [0.5, 0.6) is 0 Å². The Balaban J connectivity index is 2.31. The molecule has 118 valence electrons. The fourth-order valence-electron chi connectivity index (χ4n) is 2.02. The number of halogens is 3. The van der Waals surface area contributed by atoms with Crippen LogP contribution >= 0.6 is 0 Å². The zero-order valence-corrected chi connectivity index (χ0v) is 12.3. The van der Waals surface area contributed by atoms with Crippen molar-refractivity contribution >= 4 is 11.6 Å². The normalized spacial score (nSPS) is 11.5. The minimum Gasteiger partial charge on any atom is -0.444 e. The van der Waals surface area contributed by atoms with Crippen molar-refractivity contribution in [1.29, 1.82) is 0 Å². The number of hydrogen-bond donors (Lipinski definition) is 1. The number of aryl methyl sites for hydroxylation is 2. The van der Waals surface area contributed by atoms with Gasteiger partial charge in [-0.05, 0) is 44.0 Å². The second-order valence-electron chi connectivity index (χ2n) is 5.10. The number of nitrogens with one attached hydrogen (secondary N) is 1. The molecule has 0 aliphatic heterocycles. The van der Waals surface area contributed by atoms with Gasteiger partial charge < -0.3 is 9.73 Å². The molecule has 7 heteroatoms. The molecule has 4 nitrogen and oxygen atoms in total. The number of rotatable bonds is 3. The molecule has 0 fully saturated rings. The van der Waals surface area contributed by atoms with E-state index in [2.05, 4.69) is 10.3 Å². The van der Waals surface area contributed by atoms with Gasteiger partial charge in [-0.15, -0.1) is 0 Å². The summed E-state index contributed by atoms with van der Waals surface area (Å²) in [5.41, 5.74) is 3.31. The summed E-state index contributed by atoms with van der Waals surface area (Å²) in [6, 6.07) is 3.17. The molecule has 1 aromatic carbocycles. The molecule has 0 bridgehead atoms. The van der Waals surface area contributed by atoms with Crippen molar-refractivity contribution < 1.29 is 22.4 Å². The molecule has 0 saturated carbocycles. The van der Waals surface area contributed by atoms with Gasteiger partial charge in [-0.25, -0.2) is 4.98 Å². The smallest absolute Gasteiger partial charge is 0.397 e. The third kappa shape index (κ3) is 3.87. The Bertz CT molecular complexity index is 705. The summed E-state index contributed by atoms with van der Waals surface area (Å²) in [5, 5.41) is 2.26. The zero-order valence-electron chi connectivity index (χ0n) is 12.3. The number of aromatic nitrogens is 1. The molecular formula is C15H15F3N2O2. The summed E-state index contributed by atoms with van der Waals surface area (Å²) in [4.78, 5) is 15.6. The lowest BCUT2D eigenvalue weighted by molar-refractivity contribution is -0.150. The Morgan fingerprint density at radius 1 is 1.27 bits per heavy atom. The molecule has 1 N–H and O–H groups in total. The van der Waals surface area contributed by atoms with Crippen molar-refractivity contribution in [2.75, 3.05) is 5.32 Å². The van der Waals surface area contributed by atoms with Crippen LogP contribution in [0.3, 0.4) is 0 Å². The first-order chi connectivity index (χ1) is 10.2. The van der Waals surface area contributed by atoms with Gasteiger partial charge in [0.2, 0.25) is 11.8 Å². The van der Waals surface area contributed by atoms with Crippen LogP contribution in [0.4, 0.5) is 18.9 Å². The Kier molecular flexibility index (Phi) is 4.25. The first-order valence-electron chi connectivity index (χ1n) is 6.56. The zero-order chi connectivity index (χ0) is 16.5. The molecule has 2 aromatic rings. The molecule has 1 aromatic heterocycles. The highest BCUT2D eigenvalue weighted by Crippen LogP contribution is 2.29. The van der Waals surface area contributed by atoms with Crippen LogP contribution < -0.4 is 5.32 Å². The topological polar surface area (TPSA) is 55.1 Å². The highest BCUT2D eigenvalue weighted by Gasteiger charge is 2.31. The van der Waals surface area contributed by atoms with Gasteiger partial charge in [0.15, 0.2) is 0 Å². The van der Waals surface area contributed by atoms with E-state index in [9.17, 15) is 18.0 Å². The minimum atomic E-state index is -4.54. The number of nitrogens with zero attached hydrogens (tertiary/aromatic N) is 1. The van der Waals surface area contributed by atoms with Gasteiger partial charge >= 0.3 is 6.18 Å². The molecule has 0 aliphatic rings. The molecule has 0 radical (unpaired) electrons. The number of anilines is 1. The molecule has 1 heterocycles. The predicted molar refractivity (Wildman–Crippen MR) is 75.5 cm³/mol. The van der Waals surface area contributed by atoms with E-state index in [0.29, 0.717) is 17.1 Å². The molecule has 0 atom stereocenters. The first kappa shape index (κ1) is 16.1. The second-order valence-corrected chi connectivity index (χ2v) is 5.10. The molecule has 2 rings (SSSR count). The minimum absolute atomic E-state index is 0.281. The quantitative estimate of drug-likeness (QED) is 0.926. The Hall–Kier alpha value is -2.31. The molecular weight excluding hydrogens is 297 g/mol. The molecule has 22 heavy (non-hydrogen) atoms. The Morgan fingerprint density at radius 3 is 2.50 bits per heavy atom. The van der Waals surface area contributed by atoms with E-state index >= 15 is 0 Å². The summed E-state index contributed by atoms with van der Waals surface area (Å²) in [7, 11) is 0. The maximum absolute atomic E-state index is 12.2. The van der Waals surface area contributed by atoms with E-state index in [1.165, 1.54) is 6.26 Å². The third-order valence-electron chi connectivity index (χ3n) is 3.16. The maximum Gasteiger partial charge on any atom is 0.397 e. The molecule has 0 unspecified atom stereocenters. The van der Waals surface area contributed by atoms with Crippen LogP contribution in [0.1, 0.15) is 23.2 Å². The summed E-state index contributed by atoms with van der Waals surface area (Å²) < 4.78 is 42.0. The highest BCUT2D eigenvalue weighted by atomic mass is 19.4. The number of benzene rings is 1. The van der Waals surface area contributed by atoms with E-state index in [1.54, 1.807) is 26.0 Å². The van der Waals surface area contributed by atoms with Crippen LogP contribution in [-0.4, -0.2) is 17.1 Å². The number of oxazole rings is 1. The van der Waals surface area contributed by atoms with Crippen LogP contribution in [0, 0.1) is 20.8 Å². The van der Waals surface area contributed by atoms with Crippen molar-refractivity contribution in [1.82, 2.24) is 4.98 Å². The van der Waals surface area contributed by atoms with Gasteiger partial charge in [0, 0.05) is 11.3 Å². The van der Waals surface area contributed by atoms with Crippen LogP contribution in [-0.2, 0) is 4.79 Å². The first-order valence-corrected chi connectivity index (χ1v) is 6.56. The standard InChI is InChI=1S/C15H15F3N2O2/c1-8-4-11(20-13(21)6-15(16,17)18)5-12(10(8)3)14-19-9(2)7-22-14/h4-5,7H,6H2,1-3H3,(H,20,21). The number of carbonyl (C=O) groups excluding carboxylic acids is 1. The van der Waals surface area contributed by atoms with Gasteiger partial charge in [0.05, 0.1) is 5.69 Å². The van der Waals surface area contributed by atoms with E-state index in [0.717, 1.165) is 11.1 Å². The fraction of sp³-hybridized carbons (Fsp3) is 0.333. The van der Waals surface area contributed by atoms with Crippen molar-refractivity contribution in [3.63, 3.8) is 0 Å². The van der Waals surface area contributed by atoms with E-state index in [4.69, 9.17) is 4.42 Å². The SMILES string of the molecule is Cc1coc(-c2cc(NC(=O)CC(F)(F)F)cc(C)c2C)n1. The number of amides is 1. The molecule has 1 amide bonds. The van der Waals surface area contributed by atoms with Gasteiger partial charge in [-0.3, -0.25) is 4.79 Å². The Labute approximate surface area is 125 Å². The van der Waals surface area contributed by atoms with Gasteiger partial charge in [0.1, 0.15) is 12.7 Å². The largest absolute Gasteiger partial charge is 0.444 e. The average molecular weight is 312 g/mol. The summed E-state index contributed by atoms with van der Waals surface area (Å²) in [6.45, 7) is 5.42. The van der Waals surface area contributed by atoms with Crippen molar-refractivity contribution in [3.05, 3.63) is 35.2 Å². The maximum atomic E-state index is 12.2. The molecule has 0 saturated heterocycles. The van der Waals surface area contributed by atoms with E-state index < -0.39 is 18.5 Å².